The molecule has 0 bridgehead atoms. The Morgan fingerprint density at radius 1 is 0.483 bits per heavy atom. The van der Waals surface area contributed by atoms with Gasteiger partial charge in [0.15, 0.2) is 6.87 Å². The van der Waals surface area contributed by atoms with Crippen LogP contribution in [0, 0.1) is 0 Å². The van der Waals surface area contributed by atoms with Crippen molar-refractivity contribution < 1.29 is 0 Å². The maximum absolute atomic E-state index is 2.48. The van der Waals surface area contributed by atoms with Crippen molar-refractivity contribution in [3.05, 3.63) is 121 Å². The Balaban J connectivity index is 0.000000252. The summed E-state index contributed by atoms with van der Waals surface area (Å²) in [5.74, 6) is 0. The van der Waals surface area contributed by atoms with Crippen molar-refractivity contribution in [1.29, 1.82) is 0 Å². The van der Waals surface area contributed by atoms with Gasteiger partial charge in [-0.25, -0.2) is 0 Å². The molecule has 0 saturated carbocycles. The van der Waals surface area contributed by atoms with Crippen LogP contribution in [0.1, 0.15) is 0 Å². The number of rotatable bonds is 5. The van der Waals surface area contributed by atoms with E-state index < -0.39 is 7.94 Å². The van der Waals surface area contributed by atoms with Crippen LogP contribution < -0.4 is 21.3 Å². The van der Waals surface area contributed by atoms with Gasteiger partial charge in [0.05, 0.1) is 7.94 Å². The van der Waals surface area contributed by atoms with Crippen LogP contribution in [0.3, 0.4) is 0 Å². The number of hydrogen-bond acceptors (Lipinski definition) is 0. The minimum atomic E-state index is -1.87. The Morgan fingerprint density at radius 2 is 0.828 bits per heavy atom. The fourth-order valence-electron chi connectivity index (χ4n) is 3.43. The van der Waals surface area contributed by atoms with E-state index in [1.807, 2.05) is 25.0 Å². The van der Waals surface area contributed by atoms with Crippen molar-refractivity contribution in [2.24, 2.45) is 0 Å². The smallest absolute Gasteiger partial charge is 0.0898 e. The lowest BCUT2D eigenvalue weighted by molar-refractivity contribution is 1.71. The van der Waals surface area contributed by atoms with Crippen molar-refractivity contribution in [2.75, 3.05) is 0 Å². The van der Waals surface area contributed by atoms with E-state index in [1.54, 1.807) is 0 Å². The molecule has 29 heavy (non-hydrogen) atoms. The minimum Gasteiger partial charge on any atom is -0.0898 e. The Hall–Kier alpha value is -2.77. The number of hydrogen-bond donors (Lipinski definition) is 0. The molecular weight excluding hydrogens is 362 g/mol. The Kier molecular flexibility index (Phi) is 7.72. The zero-order valence-corrected chi connectivity index (χ0v) is 18.2. The summed E-state index contributed by atoms with van der Waals surface area (Å²) >= 11 is 0. The van der Waals surface area contributed by atoms with Crippen LogP contribution in [-0.2, 0) is 0 Å². The predicted octanol–water partition coefficient (Wildman–Crippen LogP) is 3.47. The lowest BCUT2D eigenvalue weighted by Gasteiger charge is -2.28. The predicted molar refractivity (Wildman–Crippen MR) is 133 cm³/mol. The summed E-state index contributed by atoms with van der Waals surface area (Å²) in [4.78, 5) is 0. The summed E-state index contributed by atoms with van der Waals surface area (Å²) in [6.07, 6.45) is 0. The van der Waals surface area contributed by atoms with E-state index in [-0.39, 0.29) is 0 Å². The molecule has 140 valence electrons. The van der Waals surface area contributed by atoms with Crippen LogP contribution in [0.4, 0.5) is 0 Å². The van der Waals surface area contributed by atoms with Crippen LogP contribution in [0.15, 0.2) is 121 Å². The monoisotopic (exact) mass is 388 g/mol. The minimum absolute atomic E-state index is 1.28. The highest BCUT2D eigenvalue weighted by molar-refractivity contribution is 7.40. The average molecular weight is 388 g/mol. The van der Waals surface area contributed by atoms with E-state index in [0.29, 0.717) is 0 Å². The van der Waals surface area contributed by atoms with Gasteiger partial charge in [0.1, 0.15) is 7.28 Å². The fraction of sp³-hybridized carbons (Fsp3) is 0.0769. The van der Waals surface area contributed by atoms with Crippen LogP contribution in [0.25, 0.3) is 0 Å². The van der Waals surface area contributed by atoms with E-state index in [4.69, 9.17) is 0 Å². The van der Waals surface area contributed by atoms with Gasteiger partial charge in [-0.1, -0.05) is 156 Å². The zero-order chi connectivity index (χ0) is 20.4. The van der Waals surface area contributed by atoms with Gasteiger partial charge in [0.25, 0.3) is 0 Å². The van der Waals surface area contributed by atoms with Gasteiger partial charge in [-0.3, -0.25) is 0 Å². The summed E-state index contributed by atoms with van der Waals surface area (Å²) in [5.41, 5.74) is 2.59. The van der Waals surface area contributed by atoms with Gasteiger partial charge in [-0.2, -0.15) is 0 Å². The first-order valence-electron chi connectivity index (χ1n) is 10.1. The standard InChI is InChI=1S/C19H18BSi.C7H8B/c1-21(18-13-7-3-8-14-18,19-15-9-4-10-16-19)20-17-11-5-2-6-12-17;1-8-7-5-3-2-4-6-7/h2-16H,1H3;2-6H,1H3. The quantitative estimate of drug-likeness (QED) is 0.460. The van der Waals surface area contributed by atoms with Crippen LogP contribution in [0.2, 0.25) is 13.4 Å². The second-order valence-electron chi connectivity index (χ2n) is 7.19. The molecule has 4 rings (SSSR count). The third kappa shape index (κ3) is 5.85. The lowest BCUT2D eigenvalue weighted by Crippen LogP contribution is -2.63. The summed E-state index contributed by atoms with van der Waals surface area (Å²) < 4.78 is 0. The Bertz CT molecular complexity index is 919. The van der Waals surface area contributed by atoms with Crippen molar-refractivity contribution in [3.63, 3.8) is 0 Å². The molecule has 0 heterocycles. The molecule has 0 atom stereocenters. The largest absolute Gasteiger partial charge is 0.156 e. The van der Waals surface area contributed by atoms with E-state index in [0.717, 1.165) is 0 Å². The molecule has 4 aromatic rings. The molecule has 0 aliphatic heterocycles. The Labute approximate surface area is 178 Å². The second-order valence-corrected chi connectivity index (χ2v) is 11.0. The average Bonchev–Trinajstić information content (AvgIpc) is 2.82. The summed E-state index contributed by atoms with van der Waals surface area (Å²) in [5, 5.41) is 2.89. The molecule has 0 saturated heterocycles. The van der Waals surface area contributed by atoms with Gasteiger partial charge in [-0.05, 0) is 0 Å². The first-order chi connectivity index (χ1) is 14.2. The van der Waals surface area contributed by atoms with Gasteiger partial charge in [0, 0.05) is 0 Å². The van der Waals surface area contributed by atoms with Crippen molar-refractivity contribution in [2.45, 2.75) is 13.4 Å². The van der Waals surface area contributed by atoms with Crippen LogP contribution in [0.5, 0.6) is 0 Å². The van der Waals surface area contributed by atoms with E-state index in [9.17, 15) is 0 Å². The fourth-order valence-corrected chi connectivity index (χ4v) is 6.73. The maximum atomic E-state index is 2.48. The molecule has 0 aliphatic carbocycles. The maximum Gasteiger partial charge on any atom is 0.156 e. The molecule has 4 aromatic carbocycles. The van der Waals surface area contributed by atoms with Crippen molar-refractivity contribution in [1.82, 2.24) is 0 Å². The third-order valence-corrected chi connectivity index (χ3v) is 9.11. The third-order valence-electron chi connectivity index (χ3n) is 5.13. The molecule has 0 N–H and O–H groups in total. The highest BCUT2D eigenvalue weighted by Gasteiger charge is 2.32. The first-order valence-corrected chi connectivity index (χ1v) is 12.7. The van der Waals surface area contributed by atoms with E-state index in [2.05, 4.69) is 124 Å². The highest BCUT2D eigenvalue weighted by Crippen LogP contribution is 2.04. The van der Waals surface area contributed by atoms with Crippen LogP contribution in [-0.4, -0.2) is 22.1 Å². The summed E-state index contributed by atoms with van der Waals surface area (Å²) in [6, 6.07) is 42.7. The topological polar surface area (TPSA) is 0 Å². The Morgan fingerprint density at radius 3 is 1.17 bits per heavy atom. The summed E-state index contributed by atoms with van der Waals surface area (Å²) in [7, 11) is 0.216. The summed E-state index contributed by atoms with van der Waals surface area (Å²) in [6.45, 7) is 6.94. The van der Waals surface area contributed by atoms with Gasteiger partial charge in [0.2, 0.25) is 0 Å². The first kappa shape index (κ1) is 20.9. The molecule has 0 aromatic heterocycles. The van der Waals surface area contributed by atoms with Gasteiger partial charge >= 0.3 is 0 Å². The van der Waals surface area contributed by atoms with Gasteiger partial charge in [-0.15, -0.1) is 0 Å². The molecule has 2 radical (unpaired) electrons. The second kappa shape index (κ2) is 10.7. The molecule has 3 heteroatoms. The normalized spacial score (nSPS) is 10.4. The number of benzene rings is 4. The molecule has 0 amide bonds. The van der Waals surface area contributed by atoms with Crippen molar-refractivity contribution >= 4 is 43.4 Å². The molecule has 0 fully saturated rings. The lowest BCUT2D eigenvalue weighted by atomic mass is 9.74. The molecule has 0 unspecified atom stereocenters. The molecule has 0 spiro atoms. The van der Waals surface area contributed by atoms with Crippen molar-refractivity contribution in [3.8, 4) is 0 Å². The zero-order valence-electron chi connectivity index (χ0n) is 17.2. The highest BCUT2D eigenvalue weighted by atomic mass is 28.3. The molecular formula is C26H26B2Si. The molecule has 0 nitrogen and oxygen atoms in total. The molecule has 0 aliphatic rings. The SMILES string of the molecule is C[B]c1ccccc1.C[Si]([B]c1ccccc1)(c1ccccc1)c1ccccc1. The van der Waals surface area contributed by atoms with Gasteiger partial charge < -0.3 is 0 Å². The van der Waals surface area contributed by atoms with E-state index in [1.165, 1.54) is 21.3 Å². The van der Waals surface area contributed by atoms with E-state index >= 15 is 0 Å². The van der Waals surface area contributed by atoms with Crippen LogP contribution >= 0.6 is 0 Å².